The summed E-state index contributed by atoms with van der Waals surface area (Å²) in [6, 6.07) is 0. The minimum atomic E-state index is -4.18. The van der Waals surface area contributed by atoms with Crippen LogP contribution < -0.4 is 0 Å². The van der Waals surface area contributed by atoms with Gasteiger partial charge in [0.25, 0.3) is 0 Å². The van der Waals surface area contributed by atoms with Gasteiger partial charge in [-0.25, -0.2) is 0 Å². The number of carboxylic acid groups (broad SMARTS) is 1. The minimum absolute atomic E-state index is 0.0723. The average molecular weight is 1120 g/mol. The van der Waals surface area contributed by atoms with Gasteiger partial charge in [0.2, 0.25) is 5.91 Å². The third kappa shape index (κ3) is 49.8. The molecule has 0 saturated carbocycles. The van der Waals surface area contributed by atoms with Gasteiger partial charge in [-0.3, -0.25) is 24.0 Å². The number of hydrogen-bond donors (Lipinski definition) is 4. The average Bonchev–Trinajstić information content (AvgIpc) is 3.41. The van der Waals surface area contributed by atoms with Crippen molar-refractivity contribution in [2.75, 3.05) is 32.1 Å². The molecule has 0 aromatic rings. The number of nitrogens with zero attached hydrogens (tertiary/aromatic N) is 1. The molecule has 456 valence electrons. The van der Waals surface area contributed by atoms with Crippen LogP contribution in [0.4, 0.5) is 0 Å². The molecule has 78 heavy (non-hydrogen) atoms. The van der Waals surface area contributed by atoms with E-state index in [2.05, 4.69) is 57.2 Å². The van der Waals surface area contributed by atoms with Crippen molar-refractivity contribution in [3.8, 4) is 0 Å². The number of hydrogen-bond acceptors (Lipinski definition) is 11. The summed E-state index contributed by atoms with van der Waals surface area (Å²) in [7, 11) is -4.18. The van der Waals surface area contributed by atoms with Gasteiger partial charge in [0.15, 0.2) is 0 Å². The summed E-state index contributed by atoms with van der Waals surface area (Å²) in [5, 5.41) is 9.52. The lowest BCUT2D eigenvalue weighted by Gasteiger charge is -2.43. The second kappa shape index (κ2) is 54.4. The smallest absolute Gasteiger partial charge is 0.305 e. The quantitative estimate of drug-likeness (QED) is 0.0195. The number of rotatable bonds is 58. The van der Waals surface area contributed by atoms with Gasteiger partial charge >= 0.3 is 23.9 Å². The van der Waals surface area contributed by atoms with E-state index in [0.29, 0.717) is 19.3 Å². The molecule has 0 aliphatic carbocycles. The van der Waals surface area contributed by atoms with Crippen LogP contribution in [-0.4, -0.2) is 91.1 Å². The van der Waals surface area contributed by atoms with Gasteiger partial charge in [-0.15, -0.1) is 0 Å². The summed E-state index contributed by atoms with van der Waals surface area (Å²) in [6.07, 6.45) is 55.6. The Kier molecular flexibility index (Phi) is 52.2. The minimum Gasteiger partial charge on any atom is -0.481 e. The molecule has 1 amide bonds. The second-order valence-corrected chi connectivity index (χ2v) is 23.7. The molecular weight excluding hydrogens is 1010 g/mol. The Morgan fingerprint density at radius 1 is 0.372 bits per heavy atom. The highest BCUT2D eigenvalue weighted by Gasteiger charge is 2.45. The van der Waals surface area contributed by atoms with E-state index in [9.17, 15) is 42.7 Å². The van der Waals surface area contributed by atoms with Gasteiger partial charge in [0.05, 0.1) is 23.0 Å². The summed E-state index contributed by atoms with van der Waals surface area (Å²) in [5.41, 5.74) is -1.88. The first-order valence-electron chi connectivity index (χ1n) is 31.7. The van der Waals surface area contributed by atoms with Gasteiger partial charge < -0.3 is 37.9 Å². The lowest BCUT2D eigenvalue weighted by molar-refractivity contribution is -0.172. The number of aliphatic carboxylic acids is 1. The first-order valence-corrected chi connectivity index (χ1v) is 33.4. The highest BCUT2D eigenvalue weighted by atomic mass is 32.3. The summed E-state index contributed by atoms with van der Waals surface area (Å²) in [4.78, 5) is 67.0. The first-order chi connectivity index (χ1) is 37.8. The summed E-state index contributed by atoms with van der Waals surface area (Å²) in [5.74, 6) is -4.55. The number of amides is 1. The van der Waals surface area contributed by atoms with Gasteiger partial charge in [0, 0.05) is 32.2 Å². The zero-order valence-corrected chi connectivity index (χ0v) is 50.8. The van der Waals surface area contributed by atoms with Crippen molar-refractivity contribution in [1.29, 1.82) is 0 Å². The number of ether oxygens (including phenoxy) is 3. The third-order valence-corrected chi connectivity index (χ3v) is 15.2. The van der Waals surface area contributed by atoms with Crippen molar-refractivity contribution in [1.82, 2.24) is 4.90 Å². The lowest BCUT2D eigenvalue weighted by atomic mass is 9.98. The largest absolute Gasteiger partial charge is 0.481 e. The number of carboxylic acids is 1. The molecule has 0 fully saturated rings. The molecule has 0 atom stereocenters. The van der Waals surface area contributed by atoms with Crippen LogP contribution in [0.5, 0.6) is 0 Å². The van der Waals surface area contributed by atoms with Crippen LogP contribution in [-0.2, 0) is 38.2 Å². The molecule has 0 rings (SSSR count). The molecule has 0 saturated heterocycles. The molecular formula is C64H117NO12S. The Hall–Kier alpha value is -3.20. The first kappa shape index (κ1) is 74.8. The Morgan fingerprint density at radius 3 is 0.885 bits per heavy atom. The third-order valence-electron chi connectivity index (χ3n) is 14.4. The standard InChI is InChI=1S/C64H117NO12S/c1-4-7-10-13-16-19-22-25-28-31-34-37-40-43-46-49-61(69)75-56-64(65(54-55-78(72,73)74)59(66)52-53-60(67)68,57-76-62(70)50-47-44-41-38-35-32-29-26-23-20-17-14-11-8-5-2)58-77-63(71)51-48-45-42-39-36-33-30-27-24-21-18-15-12-9-6-3/h25-30,72-74H,4-24,31-58H2,1-3H3,(H,67,68)/b28-25-,29-26-,30-27-. The van der Waals surface area contributed by atoms with E-state index in [1.807, 2.05) is 0 Å². The van der Waals surface area contributed by atoms with Crippen LogP contribution in [0.15, 0.2) is 36.5 Å². The molecule has 0 heterocycles. The Balaban J connectivity index is 5.80. The summed E-state index contributed by atoms with van der Waals surface area (Å²) >= 11 is 0. The molecule has 0 radical (unpaired) electrons. The maximum atomic E-state index is 14.0. The van der Waals surface area contributed by atoms with Crippen molar-refractivity contribution in [3.63, 3.8) is 0 Å². The van der Waals surface area contributed by atoms with Crippen LogP contribution in [0.1, 0.15) is 303 Å². The van der Waals surface area contributed by atoms with Crippen LogP contribution >= 0.6 is 10.9 Å². The van der Waals surface area contributed by atoms with E-state index in [1.54, 1.807) is 0 Å². The predicted molar refractivity (Wildman–Crippen MR) is 323 cm³/mol. The fourth-order valence-corrected chi connectivity index (χ4v) is 9.86. The van der Waals surface area contributed by atoms with E-state index < -0.39 is 91.2 Å². The summed E-state index contributed by atoms with van der Waals surface area (Å²) in [6.45, 7) is 4.35. The van der Waals surface area contributed by atoms with Crippen LogP contribution in [0.2, 0.25) is 0 Å². The molecule has 4 N–H and O–H groups in total. The Bertz CT molecular complexity index is 1410. The number of carbonyl (C=O) groups is 5. The topological polar surface area (TPSA) is 197 Å². The molecule has 0 unspecified atom stereocenters. The van der Waals surface area contributed by atoms with E-state index in [0.717, 1.165) is 120 Å². The fraction of sp³-hybridized carbons (Fsp3) is 0.828. The maximum Gasteiger partial charge on any atom is 0.305 e. The Morgan fingerprint density at radius 2 is 0.628 bits per heavy atom. The molecule has 0 aromatic heterocycles. The SMILES string of the molecule is CCCCCCCC/C=C\CCCCCCCC(=O)OCC(COC(=O)CCCCCCC/C=C\CCCCCCCC)(COC(=O)CCCCCCC/C=C\CCCCCCCC)N(CCS(O)(O)O)C(=O)CCC(=O)O. The normalized spacial score (nSPS) is 12.3. The fourth-order valence-electron chi connectivity index (χ4n) is 9.43. The van der Waals surface area contributed by atoms with Crippen molar-refractivity contribution in [3.05, 3.63) is 36.5 Å². The highest BCUT2D eigenvalue weighted by Crippen LogP contribution is 2.34. The van der Waals surface area contributed by atoms with Crippen molar-refractivity contribution in [2.24, 2.45) is 0 Å². The maximum absolute atomic E-state index is 14.0. The predicted octanol–water partition coefficient (Wildman–Crippen LogP) is 18.4. The van der Waals surface area contributed by atoms with Crippen LogP contribution in [0.3, 0.4) is 0 Å². The van der Waals surface area contributed by atoms with Crippen LogP contribution in [0, 0.1) is 0 Å². The molecule has 0 spiro atoms. The van der Waals surface area contributed by atoms with Crippen molar-refractivity contribution in [2.45, 2.75) is 309 Å². The van der Waals surface area contributed by atoms with Gasteiger partial charge in [-0.2, -0.15) is 0 Å². The number of carbonyl (C=O) groups excluding carboxylic acids is 4. The van der Waals surface area contributed by atoms with Crippen LogP contribution in [0.25, 0.3) is 0 Å². The molecule has 0 bridgehead atoms. The van der Waals surface area contributed by atoms with Gasteiger partial charge in [-0.1, -0.05) is 211 Å². The molecule has 14 heteroatoms. The zero-order chi connectivity index (χ0) is 57.5. The molecule has 0 aliphatic rings. The number of allylic oxidation sites excluding steroid dienone is 6. The zero-order valence-electron chi connectivity index (χ0n) is 50.0. The summed E-state index contributed by atoms with van der Waals surface area (Å²) < 4.78 is 47.7. The second-order valence-electron chi connectivity index (χ2n) is 22.0. The van der Waals surface area contributed by atoms with E-state index in [4.69, 9.17) is 14.2 Å². The van der Waals surface area contributed by atoms with Crippen molar-refractivity contribution < 1.29 is 56.9 Å². The monoisotopic (exact) mass is 1120 g/mol. The Labute approximate surface area is 477 Å². The number of esters is 3. The highest BCUT2D eigenvalue weighted by molar-refractivity contribution is 8.19. The van der Waals surface area contributed by atoms with E-state index in [1.165, 1.54) is 116 Å². The molecule has 0 aromatic carbocycles. The molecule has 13 nitrogen and oxygen atoms in total. The van der Waals surface area contributed by atoms with Gasteiger partial charge in [0.1, 0.15) is 25.4 Å². The van der Waals surface area contributed by atoms with E-state index >= 15 is 0 Å². The van der Waals surface area contributed by atoms with Crippen molar-refractivity contribution >= 4 is 40.7 Å². The number of unbranched alkanes of at least 4 members (excludes halogenated alkanes) is 33. The lowest BCUT2D eigenvalue weighted by Crippen LogP contribution is -2.62. The van der Waals surface area contributed by atoms with E-state index in [-0.39, 0.29) is 19.3 Å². The van der Waals surface area contributed by atoms with Gasteiger partial charge in [-0.05, 0) is 96.3 Å². The molecule has 0 aliphatic heterocycles.